The Bertz CT molecular complexity index is 552. The van der Waals surface area contributed by atoms with Crippen molar-refractivity contribution in [2.75, 3.05) is 6.54 Å². The first-order valence-corrected chi connectivity index (χ1v) is 8.19. The second-order valence-electron chi connectivity index (χ2n) is 6.57. The topological polar surface area (TPSA) is 58.6 Å². The summed E-state index contributed by atoms with van der Waals surface area (Å²) in [6.45, 7) is 8.89. The van der Waals surface area contributed by atoms with Gasteiger partial charge in [0, 0.05) is 25.6 Å². The Morgan fingerprint density at radius 3 is 2.43 bits per heavy atom. The highest BCUT2D eigenvalue weighted by molar-refractivity contribution is 5.89. The van der Waals surface area contributed by atoms with Crippen LogP contribution >= 0.6 is 0 Å². The van der Waals surface area contributed by atoms with Gasteiger partial charge in [-0.15, -0.1) is 0 Å². The van der Waals surface area contributed by atoms with Crippen molar-refractivity contribution in [3.63, 3.8) is 0 Å². The van der Waals surface area contributed by atoms with Crippen molar-refractivity contribution in [2.45, 2.75) is 52.8 Å². The van der Waals surface area contributed by atoms with Crippen molar-refractivity contribution in [1.82, 2.24) is 10.2 Å². The molecule has 1 fully saturated rings. The van der Waals surface area contributed by atoms with Crippen LogP contribution in [0.3, 0.4) is 0 Å². The molecule has 1 aromatic carbocycles. The maximum absolute atomic E-state index is 12.2. The van der Waals surface area contributed by atoms with E-state index < -0.39 is 0 Å². The summed E-state index contributed by atoms with van der Waals surface area (Å²) < 4.78 is 5.59. The van der Waals surface area contributed by atoms with Crippen molar-refractivity contribution in [3.05, 3.63) is 29.8 Å². The van der Waals surface area contributed by atoms with Crippen LogP contribution in [0.5, 0.6) is 5.75 Å². The van der Waals surface area contributed by atoms with Crippen LogP contribution in [0.1, 0.15) is 39.7 Å². The Balaban J connectivity index is 1.84. The molecule has 0 radical (unpaired) electrons. The lowest BCUT2D eigenvalue weighted by Crippen LogP contribution is -2.35. The Labute approximate surface area is 138 Å². The van der Waals surface area contributed by atoms with Gasteiger partial charge in [-0.05, 0) is 45.4 Å². The molecule has 0 saturated carbocycles. The highest BCUT2D eigenvalue weighted by Gasteiger charge is 2.35. The van der Waals surface area contributed by atoms with Crippen molar-refractivity contribution in [2.24, 2.45) is 5.92 Å². The first kappa shape index (κ1) is 17.3. The zero-order chi connectivity index (χ0) is 17.0. The number of hydrogen-bond acceptors (Lipinski definition) is 3. The van der Waals surface area contributed by atoms with Crippen LogP contribution in [0.15, 0.2) is 24.3 Å². The van der Waals surface area contributed by atoms with Crippen LogP contribution in [-0.4, -0.2) is 35.4 Å². The van der Waals surface area contributed by atoms with Crippen LogP contribution in [0.2, 0.25) is 0 Å². The molecule has 1 aliphatic rings. The number of nitrogens with one attached hydrogen (secondary N) is 1. The lowest BCUT2D eigenvalue weighted by Gasteiger charge is -2.20. The van der Waals surface area contributed by atoms with E-state index in [0.29, 0.717) is 19.5 Å². The van der Waals surface area contributed by atoms with E-state index in [9.17, 15) is 9.59 Å². The minimum Gasteiger partial charge on any atom is -0.491 e. The highest BCUT2D eigenvalue weighted by Crippen LogP contribution is 2.20. The lowest BCUT2D eigenvalue weighted by atomic mass is 10.1. The molecule has 5 heteroatoms. The molecule has 0 aromatic heterocycles. The van der Waals surface area contributed by atoms with Gasteiger partial charge in [0.05, 0.1) is 12.0 Å². The molecular formula is C18H26N2O3. The molecule has 1 atom stereocenters. The summed E-state index contributed by atoms with van der Waals surface area (Å²) >= 11 is 0. The third kappa shape index (κ3) is 4.71. The maximum Gasteiger partial charge on any atom is 0.225 e. The molecule has 0 aliphatic carbocycles. The van der Waals surface area contributed by atoms with Crippen molar-refractivity contribution >= 4 is 11.8 Å². The number of carbonyl (C=O) groups is 2. The van der Waals surface area contributed by atoms with Crippen molar-refractivity contribution in [1.29, 1.82) is 0 Å². The first-order valence-electron chi connectivity index (χ1n) is 8.19. The largest absolute Gasteiger partial charge is 0.491 e. The van der Waals surface area contributed by atoms with Crippen LogP contribution in [0, 0.1) is 5.92 Å². The number of ether oxygens (including phenoxy) is 1. The van der Waals surface area contributed by atoms with E-state index in [1.165, 1.54) is 0 Å². The van der Waals surface area contributed by atoms with Gasteiger partial charge in [0.25, 0.3) is 0 Å². The highest BCUT2D eigenvalue weighted by atomic mass is 16.5. The van der Waals surface area contributed by atoms with E-state index in [0.717, 1.165) is 11.3 Å². The average molecular weight is 318 g/mol. The fourth-order valence-electron chi connectivity index (χ4n) is 2.70. The molecule has 1 aliphatic heterocycles. The van der Waals surface area contributed by atoms with Crippen LogP contribution in [0.4, 0.5) is 0 Å². The van der Waals surface area contributed by atoms with Crippen LogP contribution in [0.25, 0.3) is 0 Å². The average Bonchev–Trinajstić information content (AvgIpc) is 2.88. The van der Waals surface area contributed by atoms with E-state index in [1.54, 1.807) is 4.90 Å². The predicted molar refractivity (Wildman–Crippen MR) is 89.0 cm³/mol. The normalized spacial score (nSPS) is 17.9. The van der Waals surface area contributed by atoms with Crippen LogP contribution < -0.4 is 10.1 Å². The van der Waals surface area contributed by atoms with Gasteiger partial charge in [-0.25, -0.2) is 0 Å². The Hall–Kier alpha value is -2.04. The van der Waals surface area contributed by atoms with Gasteiger partial charge in [-0.2, -0.15) is 0 Å². The molecule has 23 heavy (non-hydrogen) atoms. The Kier molecular flexibility index (Phi) is 5.64. The van der Waals surface area contributed by atoms with Gasteiger partial charge in [-0.1, -0.05) is 12.1 Å². The quantitative estimate of drug-likeness (QED) is 0.876. The monoisotopic (exact) mass is 318 g/mol. The van der Waals surface area contributed by atoms with E-state index in [1.807, 2.05) is 52.0 Å². The predicted octanol–water partition coefficient (Wildman–Crippen LogP) is 2.35. The first-order chi connectivity index (χ1) is 10.9. The number of hydrogen-bond donors (Lipinski definition) is 1. The molecule has 1 aromatic rings. The SMILES string of the molecule is CC(C)Oc1ccc(CNC(=O)[C@H]2CC(=O)N(C(C)C)C2)cc1. The third-order valence-corrected chi connectivity index (χ3v) is 3.91. The number of likely N-dealkylation sites (tertiary alicyclic amines) is 1. The Morgan fingerprint density at radius 2 is 1.91 bits per heavy atom. The fraction of sp³-hybridized carbons (Fsp3) is 0.556. The molecule has 1 heterocycles. The van der Waals surface area contributed by atoms with E-state index >= 15 is 0 Å². The molecule has 1 N–H and O–H groups in total. The molecule has 5 nitrogen and oxygen atoms in total. The zero-order valence-electron chi connectivity index (χ0n) is 14.3. The fourth-order valence-corrected chi connectivity index (χ4v) is 2.70. The Morgan fingerprint density at radius 1 is 1.26 bits per heavy atom. The van der Waals surface area contributed by atoms with Gasteiger partial charge < -0.3 is 15.0 Å². The minimum atomic E-state index is -0.242. The number of carbonyl (C=O) groups excluding carboxylic acids is 2. The summed E-state index contributed by atoms with van der Waals surface area (Å²) in [7, 11) is 0. The van der Waals surface area contributed by atoms with Crippen LogP contribution in [-0.2, 0) is 16.1 Å². The summed E-state index contributed by atoms with van der Waals surface area (Å²) in [6.07, 6.45) is 0.454. The van der Waals surface area contributed by atoms with Crippen molar-refractivity contribution < 1.29 is 14.3 Å². The van der Waals surface area contributed by atoms with E-state index in [4.69, 9.17) is 4.74 Å². The summed E-state index contributed by atoms with van der Waals surface area (Å²) in [5.74, 6) is 0.594. The molecule has 126 valence electrons. The second kappa shape index (κ2) is 7.49. The number of amides is 2. The number of nitrogens with zero attached hydrogens (tertiary/aromatic N) is 1. The maximum atomic E-state index is 12.2. The number of benzene rings is 1. The molecule has 2 amide bonds. The lowest BCUT2D eigenvalue weighted by molar-refractivity contribution is -0.130. The van der Waals surface area contributed by atoms with E-state index in [2.05, 4.69) is 5.32 Å². The number of rotatable bonds is 6. The minimum absolute atomic E-state index is 0.0518. The summed E-state index contributed by atoms with van der Waals surface area (Å²) in [4.78, 5) is 25.9. The molecule has 0 spiro atoms. The second-order valence-corrected chi connectivity index (χ2v) is 6.57. The standard InChI is InChI=1S/C18H26N2O3/c1-12(2)20-11-15(9-17(20)21)18(22)19-10-14-5-7-16(8-6-14)23-13(3)4/h5-8,12-13,15H,9-11H2,1-4H3,(H,19,22)/t15-/m0/s1. The summed E-state index contributed by atoms with van der Waals surface area (Å²) in [6, 6.07) is 7.84. The zero-order valence-corrected chi connectivity index (χ0v) is 14.3. The van der Waals surface area contributed by atoms with E-state index in [-0.39, 0.29) is 29.9 Å². The van der Waals surface area contributed by atoms with Gasteiger partial charge in [0.15, 0.2) is 0 Å². The smallest absolute Gasteiger partial charge is 0.225 e. The van der Waals surface area contributed by atoms with Gasteiger partial charge in [0.2, 0.25) is 11.8 Å². The molecule has 2 rings (SSSR count). The van der Waals surface area contributed by atoms with Gasteiger partial charge >= 0.3 is 0 Å². The van der Waals surface area contributed by atoms with Gasteiger partial charge in [0.1, 0.15) is 5.75 Å². The third-order valence-electron chi connectivity index (χ3n) is 3.91. The summed E-state index contributed by atoms with van der Waals surface area (Å²) in [5, 5.41) is 2.92. The molecule has 1 saturated heterocycles. The summed E-state index contributed by atoms with van der Waals surface area (Å²) in [5.41, 5.74) is 1.01. The molecule has 0 bridgehead atoms. The van der Waals surface area contributed by atoms with Gasteiger partial charge in [-0.3, -0.25) is 9.59 Å². The molecular weight excluding hydrogens is 292 g/mol. The molecule has 0 unspecified atom stereocenters. The van der Waals surface area contributed by atoms with Crippen molar-refractivity contribution in [3.8, 4) is 5.75 Å².